The molecule has 0 unspecified atom stereocenters. The normalized spacial score (nSPS) is 0. The number of halogens is 3. The van der Waals surface area contributed by atoms with E-state index in [0.29, 0.717) is 0 Å². The second kappa shape index (κ2) is 30.3. The van der Waals surface area contributed by atoms with Crippen molar-refractivity contribution in [1.82, 2.24) is 0 Å². The maximum absolute atomic E-state index is 0. The van der Waals surface area contributed by atoms with Crippen molar-refractivity contribution in [3.05, 3.63) is 0 Å². The summed E-state index contributed by atoms with van der Waals surface area (Å²) in [5, 5.41) is 0. The van der Waals surface area contributed by atoms with Gasteiger partial charge in [-0.3, -0.25) is 0 Å². The Morgan fingerprint density at radius 2 is 0.400 bits per heavy atom. The van der Waals surface area contributed by atoms with Crippen molar-refractivity contribution in [3.63, 3.8) is 0 Å². The minimum atomic E-state index is 0. The average Bonchev–Trinajstić information content (AvgIpc) is 0. The Kier molecular flexibility index (Phi) is 294. The largest absolute Gasteiger partial charge is 4.00 e. The molecule has 0 heterocycles. The van der Waals surface area contributed by atoms with Crippen LogP contribution in [0, 0.1) is 0 Å². The van der Waals surface area contributed by atoms with Crippen molar-refractivity contribution in [1.29, 1.82) is 0 Å². The molecule has 5 heteroatoms. The Bertz CT molecular complexity index is 4.85. The number of hydrogen-bond acceptors (Lipinski definition) is 0. The fourth-order valence-electron chi connectivity index (χ4n) is 0. The third-order valence-corrected chi connectivity index (χ3v) is 0. The van der Waals surface area contributed by atoms with Crippen LogP contribution in [0.4, 0.5) is 0 Å². The van der Waals surface area contributed by atoms with Gasteiger partial charge in [-0.15, -0.1) is 0 Å². The van der Waals surface area contributed by atoms with E-state index in [4.69, 9.17) is 0 Å². The molecule has 0 aromatic carbocycles. The van der Waals surface area contributed by atoms with Gasteiger partial charge in [0.2, 0.25) is 0 Å². The summed E-state index contributed by atoms with van der Waals surface area (Å²) in [6, 6.07) is 0. The smallest absolute Gasteiger partial charge is 1.00 e. The zero-order valence-corrected chi connectivity index (χ0v) is 9.32. The molecule has 0 N–H and O–H groups in total. The first-order valence-electron chi connectivity index (χ1n) is 0. The SMILES string of the molecule is [Cl-].[Cl-].[Cl-].[Zr+4].[Zr+4]. The Balaban J connectivity index is 0. The Hall–Kier alpha value is 2.64. The van der Waals surface area contributed by atoms with Crippen LogP contribution in [0.3, 0.4) is 0 Å². The van der Waals surface area contributed by atoms with E-state index < -0.39 is 0 Å². The van der Waals surface area contributed by atoms with Crippen molar-refractivity contribution in [2.45, 2.75) is 0 Å². The predicted molar refractivity (Wildman–Crippen MR) is 0 cm³/mol. The molecule has 0 radical (unpaired) electrons. The Labute approximate surface area is 88.3 Å². The molecule has 5 heavy (non-hydrogen) atoms. The molecule has 0 nitrogen and oxygen atoms in total. The van der Waals surface area contributed by atoms with Gasteiger partial charge in [0.05, 0.1) is 0 Å². The van der Waals surface area contributed by atoms with Crippen LogP contribution in [0.1, 0.15) is 0 Å². The van der Waals surface area contributed by atoms with Gasteiger partial charge in [0.1, 0.15) is 0 Å². The molecule has 0 saturated heterocycles. The van der Waals surface area contributed by atoms with E-state index in [9.17, 15) is 0 Å². The summed E-state index contributed by atoms with van der Waals surface area (Å²) in [6.07, 6.45) is 0. The van der Waals surface area contributed by atoms with E-state index in [2.05, 4.69) is 0 Å². The molecule has 0 saturated carbocycles. The van der Waals surface area contributed by atoms with Crippen molar-refractivity contribution in [3.8, 4) is 0 Å². The van der Waals surface area contributed by atoms with Crippen molar-refractivity contribution in [2.24, 2.45) is 0 Å². The van der Waals surface area contributed by atoms with Gasteiger partial charge in [0.25, 0.3) is 0 Å². The summed E-state index contributed by atoms with van der Waals surface area (Å²) in [6.45, 7) is 0. The van der Waals surface area contributed by atoms with Gasteiger partial charge < -0.3 is 37.2 Å². The molecule has 0 bridgehead atoms. The van der Waals surface area contributed by atoms with Gasteiger partial charge in [-0.25, -0.2) is 0 Å². The van der Waals surface area contributed by atoms with Crippen LogP contribution in [-0.2, 0) is 52.4 Å². The maximum Gasteiger partial charge on any atom is 4.00 e. The molecular formula is Cl3Zr2+5. The average molecular weight is 289 g/mol. The summed E-state index contributed by atoms with van der Waals surface area (Å²) >= 11 is 0. The minimum absolute atomic E-state index is 0. The first-order chi connectivity index (χ1) is 0. The summed E-state index contributed by atoms with van der Waals surface area (Å²) in [7, 11) is 0. The van der Waals surface area contributed by atoms with Crippen LogP contribution in [0.5, 0.6) is 0 Å². The monoisotopic (exact) mass is 285 g/mol. The van der Waals surface area contributed by atoms with Crippen LogP contribution in [-0.4, -0.2) is 0 Å². The molecular weight excluding hydrogens is 289 g/mol. The Morgan fingerprint density at radius 3 is 0.400 bits per heavy atom. The molecule has 0 spiro atoms. The van der Waals surface area contributed by atoms with Gasteiger partial charge in [0, 0.05) is 0 Å². The van der Waals surface area contributed by atoms with Gasteiger partial charge in [0.15, 0.2) is 0 Å². The van der Waals surface area contributed by atoms with Crippen molar-refractivity contribution in [2.75, 3.05) is 0 Å². The van der Waals surface area contributed by atoms with Crippen LogP contribution < -0.4 is 37.2 Å². The molecule has 0 aliphatic rings. The van der Waals surface area contributed by atoms with E-state index in [-0.39, 0.29) is 89.6 Å². The Morgan fingerprint density at radius 1 is 0.400 bits per heavy atom. The second-order valence-corrected chi connectivity index (χ2v) is 0. The summed E-state index contributed by atoms with van der Waals surface area (Å²) < 4.78 is 0. The maximum atomic E-state index is 0. The van der Waals surface area contributed by atoms with Crippen LogP contribution in [0.25, 0.3) is 0 Å². The van der Waals surface area contributed by atoms with E-state index in [1.807, 2.05) is 0 Å². The number of hydrogen-bond donors (Lipinski definition) is 0. The summed E-state index contributed by atoms with van der Waals surface area (Å²) in [5.41, 5.74) is 0. The van der Waals surface area contributed by atoms with Gasteiger partial charge in [-0.05, 0) is 0 Å². The minimum Gasteiger partial charge on any atom is -1.00 e. The molecule has 0 fully saturated rings. The van der Waals surface area contributed by atoms with E-state index in [1.54, 1.807) is 0 Å². The summed E-state index contributed by atoms with van der Waals surface area (Å²) in [4.78, 5) is 0. The zero-order chi connectivity index (χ0) is 0. The van der Waals surface area contributed by atoms with Crippen LogP contribution >= 0.6 is 0 Å². The topological polar surface area (TPSA) is 0 Å². The molecule has 0 atom stereocenters. The van der Waals surface area contributed by atoms with Gasteiger partial charge in [-0.1, -0.05) is 0 Å². The fraction of sp³-hybridized carbons (Fsp3) is 0. The number of rotatable bonds is 0. The molecule has 0 aliphatic carbocycles. The standard InChI is InChI=1S/3ClH.2Zr/h3*1H;;/q;;;2*+4/p-3. The van der Waals surface area contributed by atoms with E-state index >= 15 is 0 Å². The third kappa shape index (κ3) is 20.5. The van der Waals surface area contributed by atoms with Crippen molar-refractivity contribution >= 4 is 0 Å². The van der Waals surface area contributed by atoms with Gasteiger partial charge in [-0.2, -0.15) is 0 Å². The molecule has 0 aliphatic heterocycles. The van der Waals surface area contributed by atoms with E-state index in [0.717, 1.165) is 0 Å². The van der Waals surface area contributed by atoms with Crippen LogP contribution in [0.2, 0.25) is 0 Å². The quantitative estimate of drug-likeness (QED) is 0.415. The molecule has 0 aromatic heterocycles. The molecule has 0 rings (SSSR count). The molecule has 0 aromatic rings. The first-order valence-corrected chi connectivity index (χ1v) is 0. The third-order valence-electron chi connectivity index (χ3n) is 0. The van der Waals surface area contributed by atoms with Crippen LogP contribution in [0.15, 0.2) is 0 Å². The first kappa shape index (κ1) is 48.4. The fourth-order valence-corrected chi connectivity index (χ4v) is 0. The zero-order valence-electron chi connectivity index (χ0n) is 2.13. The molecule has 0 amide bonds. The van der Waals surface area contributed by atoms with E-state index in [1.165, 1.54) is 0 Å². The summed E-state index contributed by atoms with van der Waals surface area (Å²) in [5.74, 6) is 0. The predicted octanol–water partition coefficient (Wildman–Crippen LogP) is -8.99. The van der Waals surface area contributed by atoms with Gasteiger partial charge >= 0.3 is 52.4 Å². The van der Waals surface area contributed by atoms with Crippen molar-refractivity contribution < 1.29 is 89.6 Å². The second-order valence-electron chi connectivity index (χ2n) is 0. The molecule has 24 valence electrons.